The molecule has 5 aromatic carbocycles. The summed E-state index contributed by atoms with van der Waals surface area (Å²) in [5.74, 6) is 0. The monoisotopic (exact) mass is 344 g/mol. The van der Waals surface area contributed by atoms with Gasteiger partial charge in [-0.3, -0.25) is 0 Å². The fourth-order valence-electron chi connectivity index (χ4n) is 4.08. The van der Waals surface area contributed by atoms with Crippen LogP contribution in [0.4, 0.5) is 0 Å². The smallest absolute Gasteiger partial charge is 0.00264 e. The highest BCUT2D eigenvalue weighted by Crippen LogP contribution is 2.43. The average Bonchev–Trinajstić information content (AvgIpc) is 2.73. The predicted molar refractivity (Wildman–Crippen MR) is 117 cm³/mol. The van der Waals surface area contributed by atoms with Gasteiger partial charge in [-0.15, -0.1) is 0 Å². The summed E-state index contributed by atoms with van der Waals surface area (Å²) in [5, 5.41) is 5.22. The highest BCUT2D eigenvalue weighted by atomic mass is 14.2. The van der Waals surface area contributed by atoms with Crippen LogP contribution in [-0.4, -0.2) is 0 Å². The second kappa shape index (κ2) is 6.41. The maximum absolute atomic E-state index is 2.25. The van der Waals surface area contributed by atoms with Gasteiger partial charge in [0, 0.05) is 0 Å². The minimum atomic E-state index is 1.26. The Hall–Kier alpha value is -3.38. The normalized spacial score (nSPS) is 11.1. The van der Waals surface area contributed by atoms with E-state index in [4.69, 9.17) is 0 Å². The molecule has 0 fully saturated rings. The minimum absolute atomic E-state index is 1.26. The van der Waals surface area contributed by atoms with Crippen LogP contribution in [0, 0.1) is 6.92 Å². The lowest BCUT2D eigenvalue weighted by atomic mass is 9.86. The number of aryl methyl sites for hydroxylation is 1. The van der Waals surface area contributed by atoms with E-state index in [1.54, 1.807) is 0 Å². The van der Waals surface area contributed by atoms with Gasteiger partial charge in [0.15, 0.2) is 0 Å². The molecule has 0 aliphatic heterocycles. The van der Waals surface area contributed by atoms with E-state index in [1.165, 1.54) is 49.4 Å². The van der Waals surface area contributed by atoms with E-state index in [1.807, 2.05) is 0 Å². The van der Waals surface area contributed by atoms with E-state index in [0.29, 0.717) is 0 Å². The maximum Gasteiger partial charge on any atom is -0.00264 e. The van der Waals surface area contributed by atoms with Gasteiger partial charge in [0.1, 0.15) is 0 Å². The van der Waals surface area contributed by atoms with Gasteiger partial charge in [-0.2, -0.15) is 0 Å². The van der Waals surface area contributed by atoms with Crippen LogP contribution in [0.15, 0.2) is 103 Å². The van der Waals surface area contributed by atoms with Crippen molar-refractivity contribution in [3.05, 3.63) is 109 Å². The summed E-state index contributed by atoms with van der Waals surface area (Å²) in [4.78, 5) is 0. The highest BCUT2D eigenvalue weighted by Gasteiger charge is 2.15. The first-order valence-corrected chi connectivity index (χ1v) is 9.39. The summed E-state index contributed by atoms with van der Waals surface area (Å²) in [6.07, 6.45) is 0. The summed E-state index contributed by atoms with van der Waals surface area (Å²) in [7, 11) is 0. The molecule has 0 atom stereocenters. The number of fused-ring (bicyclic) bond motifs is 2. The first-order chi connectivity index (χ1) is 13.3. The Labute approximate surface area is 159 Å². The van der Waals surface area contributed by atoms with Crippen molar-refractivity contribution < 1.29 is 0 Å². The molecule has 0 heteroatoms. The Morgan fingerprint density at radius 2 is 0.741 bits per heavy atom. The zero-order valence-corrected chi connectivity index (χ0v) is 15.3. The van der Waals surface area contributed by atoms with Crippen LogP contribution in [-0.2, 0) is 0 Å². The molecule has 0 amide bonds. The topological polar surface area (TPSA) is 0 Å². The lowest BCUT2D eigenvalue weighted by Gasteiger charge is -2.17. The van der Waals surface area contributed by atoms with Gasteiger partial charge in [-0.1, -0.05) is 109 Å². The Balaban J connectivity index is 1.99. The van der Waals surface area contributed by atoms with Crippen molar-refractivity contribution >= 4 is 21.5 Å². The molecule has 0 nitrogen and oxygen atoms in total. The third-order valence-electron chi connectivity index (χ3n) is 5.33. The molecule has 0 bridgehead atoms. The summed E-state index contributed by atoms with van der Waals surface area (Å²) < 4.78 is 0. The highest BCUT2D eigenvalue weighted by molar-refractivity contribution is 6.21. The van der Waals surface area contributed by atoms with Crippen molar-refractivity contribution in [2.24, 2.45) is 0 Å². The van der Waals surface area contributed by atoms with Crippen molar-refractivity contribution in [2.75, 3.05) is 0 Å². The summed E-state index contributed by atoms with van der Waals surface area (Å²) in [5.41, 5.74) is 6.46. The van der Waals surface area contributed by atoms with Gasteiger partial charge in [0.2, 0.25) is 0 Å². The van der Waals surface area contributed by atoms with Crippen LogP contribution in [0.1, 0.15) is 5.56 Å². The molecular weight excluding hydrogens is 324 g/mol. The molecule has 0 spiro atoms. The molecule has 0 N–H and O–H groups in total. The SMILES string of the molecule is Cc1ccc(-c2c3ccccc3c(-c3ccccc3)c3ccccc23)cc1. The molecule has 27 heavy (non-hydrogen) atoms. The van der Waals surface area contributed by atoms with Crippen LogP contribution in [0.3, 0.4) is 0 Å². The molecule has 5 aromatic rings. The number of hydrogen-bond acceptors (Lipinski definition) is 0. The van der Waals surface area contributed by atoms with E-state index in [-0.39, 0.29) is 0 Å². The molecule has 0 radical (unpaired) electrons. The maximum atomic E-state index is 2.25. The Morgan fingerprint density at radius 3 is 1.19 bits per heavy atom. The minimum Gasteiger partial charge on any atom is -0.0622 e. The fourth-order valence-corrected chi connectivity index (χ4v) is 4.08. The van der Waals surface area contributed by atoms with Crippen LogP contribution < -0.4 is 0 Å². The second-order valence-corrected chi connectivity index (χ2v) is 7.07. The van der Waals surface area contributed by atoms with Crippen LogP contribution in [0.5, 0.6) is 0 Å². The second-order valence-electron chi connectivity index (χ2n) is 7.07. The van der Waals surface area contributed by atoms with E-state index in [9.17, 15) is 0 Å². The standard InChI is InChI=1S/C27H20/c1-19-15-17-21(18-16-19)27-24-13-7-5-11-22(24)26(20-9-3-2-4-10-20)23-12-6-8-14-25(23)27/h2-18H,1H3. The Morgan fingerprint density at radius 1 is 0.370 bits per heavy atom. The first-order valence-electron chi connectivity index (χ1n) is 9.39. The van der Waals surface area contributed by atoms with Gasteiger partial charge < -0.3 is 0 Å². The average molecular weight is 344 g/mol. The zero-order chi connectivity index (χ0) is 18.2. The largest absolute Gasteiger partial charge is 0.0622 e. The molecule has 0 unspecified atom stereocenters. The van der Waals surface area contributed by atoms with Gasteiger partial charge in [0.05, 0.1) is 0 Å². The van der Waals surface area contributed by atoms with E-state index < -0.39 is 0 Å². The molecule has 5 rings (SSSR count). The fraction of sp³-hybridized carbons (Fsp3) is 0.0370. The molecule has 0 saturated heterocycles. The zero-order valence-electron chi connectivity index (χ0n) is 15.3. The van der Waals surface area contributed by atoms with Gasteiger partial charge in [-0.25, -0.2) is 0 Å². The Bertz CT molecular complexity index is 1190. The van der Waals surface area contributed by atoms with E-state index in [2.05, 4.69) is 110 Å². The van der Waals surface area contributed by atoms with Crippen LogP contribution >= 0.6 is 0 Å². The molecule has 0 aliphatic rings. The van der Waals surface area contributed by atoms with Crippen molar-refractivity contribution in [1.29, 1.82) is 0 Å². The van der Waals surface area contributed by atoms with Gasteiger partial charge >= 0.3 is 0 Å². The lowest BCUT2D eigenvalue weighted by Crippen LogP contribution is -1.90. The van der Waals surface area contributed by atoms with Crippen molar-refractivity contribution in [1.82, 2.24) is 0 Å². The van der Waals surface area contributed by atoms with E-state index in [0.717, 1.165) is 0 Å². The summed E-state index contributed by atoms with van der Waals surface area (Å²) in [6, 6.07) is 37.2. The third kappa shape index (κ3) is 2.62. The number of hydrogen-bond donors (Lipinski definition) is 0. The van der Waals surface area contributed by atoms with E-state index >= 15 is 0 Å². The van der Waals surface area contributed by atoms with Gasteiger partial charge in [0.25, 0.3) is 0 Å². The molecular formula is C27H20. The lowest BCUT2D eigenvalue weighted by molar-refractivity contribution is 1.47. The quantitative estimate of drug-likeness (QED) is 0.289. The van der Waals surface area contributed by atoms with Crippen molar-refractivity contribution in [3.8, 4) is 22.3 Å². The molecule has 0 heterocycles. The predicted octanol–water partition coefficient (Wildman–Crippen LogP) is 7.64. The third-order valence-corrected chi connectivity index (χ3v) is 5.33. The van der Waals surface area contributed by atoms with Crippen molar-refractivity contribution in [3.63, 3.8) is 0 Å². The Kier molecular flexibility index (Phi) is 3.76. The number of rotatable bonds is 2. The first kappa shape index (κ1) is 15.8. The van der Waals surface area contributed by atoms with Crippen molar-refractivity contribution in [2.45, 2.75) is 6.92 Å². The molecule has 0 saturated carbocycles. The number of benzene rings is 5. The molecule has 128 valence electrons. The molecule has 0 aromatic heterocycles. The summed E-state index contributed by atoms with van der Waals surface area (Å²) >= 11 is 0. The summed E-state index contributed by atoms with van der Waals surface area (Å²) in [6.45, 7) is 2.14. The van der Waals surface area contributed by atoms with Crippen LogP contribution in [0.2, 0.25) is 0 Å². The van der Waals surface area contributed by atoms with Crippen LogP contribution in [0.25, 0.3) is 43.8 Å². The molecule has 0 aliphatic carbocycles. The van der Waals surface area contributed by atoms with Gasteiger partial charge in [-0.05, 0) is 50.7 Å².